The number of carboxylic acids is 1. The first-order chi connectivity index (χ1) is 9.47. The van der Waals surface area contributed by atoms with Crippen molar-refractivity contribution in [3.63, 3.8) is 0 Å². The van der Waals surface area contributed by atoms with Crippen LogP contribution in [0.1, 0.15) is 31.7 Å². The van der Waals surface area contributed by atoms with Crippen LogP contribution in [-0.4, -0.2) is 29.1 Å². The van der Waals surface area contributed by atoms with Gasteiger partial charge in [-0.1, -0.05) is 13.0 Å². The van der Waals surface area contributed by atoms with Crippen molar-refractivity contribution in [3.8, 4) is 0 Å². The van der Waals surface area contributed by atoms with Crippen LogP contribution in [0.3, 0.4) is 0 Å². The molecule has 0 radical (unpaired) electrons. The number of carbonyl (C=O) groups is 1. The molecular formula is C15H19BrFNO2. The molecule has 1 unspecified atom stereocenters. The molecule has 1 N–H and O–H groups in total. The molecule has 1 aromatic rings. The molecule has 1 aliphatic rings. The van der Waals surface area contributed by atoms with E-state index in [9.17, 15) is 14.3 Å². The van der Waals surface area contributed by atoms with Gasteiger partial charge in [0.05, 0.1) is 9.89 Å². The van der Waals surface area contributed by atoms with Gasteiger partial charge in [-0.05, 0) is 59.4 Å². The highest BCUT2D eigenvalue weighted by molar-refractivity contribution is 9.10. The molecular weight excluding hydrogens is 325 g/mol. The zero-order valence-electron chi connectivity index (χ0n) is 11.5. The highest BCUT2D eigenvalue weighted by atomic mass is 79.9. The number of likely N-dealkylation sites (tertiary alicyclic amines) is 1. The minimum absolute atomic E-state index is 0.277. The monoisotopic (exact) mass is 343 g/mol. The van der Waals surface area contributed by atoms with Crippen LogP contribution in [0.5, 0.6) is 0 Å². The van der Waals surface area contributed by atoms with Gasteiger partial charge in [0, 0.05) is 13.1 Å². The van der Waals surface area contributed by atoms with Gasteiger partial charge in [-0.3, -0.25) is 9.69 Å². The number of piperidine rings is 1. The van der Waals surface area contributed by atoms with Crippen molar-refractivity contribution in [1.82, 2.24) is 4.90 Å². The average molecular weight is 344 g/mol. The van der Waals surface area contributed by atoms with Gasteiger partial charge in [0.2, 0.25) is 0 Å². The normalized spacial score (nSPS) is 23.8. The SMILES string of the molecule is CCC1(C(=O)O)CCCN(Cc2ccc(F)c(Br)c2)C1. The number of hydrogen-bond donors (Lipinski definition) is 1. The Kier molecular flexibility index (Phi) is 4.81. The van der Waals surface area contributed by atoms with Crippen LogP contribution in [0.4, 0.5) is 4.39 Å². The molecule has 110 valence electrons. The van der Waals surface area contributed by atoms with Crippen molar-refractivity contribution in [2.75, 3.05) is 13.1 Å². The fourth-order valence-corrected chi connectivity index (χ4v) is 3.30. The third-order valence-electron chi connectivity index (χ3n) is 4.18. The van der Waals surface area contributed by atoms with E-state index in [0.717, 1.165) is 24.9 Å². The fourth-order valence-electron chi connectivity index (χ4n) is 2.87. The fraction of sp³-hybridized carbons (Fsp3) is 0.533. The van der Waals surface area contributed by atoms with Crippen molar-refractivity contribution >= 4 is 21.9 Å². The van der Waals surface area contributed by atoms with E-state index in [-0.39, 0.29) is 5.82 Å². The molecule has 20 heavy (non-hydrogen) atoms. The molecule has 0 amide bonds. The highest BCUT2D eigenvalue weighted by Gasteiger charge is 2.40. The minimum atomic E-state index is -0.704. The van der Waals surface area contributed by atoms with E-state index in [1.165, 1.54) is 6.07 Å². The zero-order chi connectivity index (χ0) is 14.8. The Balaban J connectivity index is 2.09. The summed E-state index contributed by atoms with van der Waals surface area (Å²) >= 11 is 3.18. The van der Waals surface area contributed by atoms with E-state index in [4.69, 9.17) is 0 Å². The van der Waals surface area contributed by atoms with Gasteiger partial charge in [0.25, 0.3) is 0 Å². The lowest BCUT2D eigenvalue weighted by Gasteiger charge is -2.39. The van der Waals surface area contributed by atoms with E-state index >= 15 is 0 Å². The second kappa shape index (κ2) is 6.22. The Bertz CT molecular complexity index is 509. The molecule has 0 spiro atoms. The van der Waals surface area contributed by atoms with Gasteiger partial charge in [-0.2, -0.15) is 0 Å². The van der Waals surface area contributed by atoms with Gasteiger partial charge in [-0.15, -0.1) is 0 Å². The summed E-state index contributed by atoms with van der Waals surface area (Å²) in [7, 11) is 0. The molecule has 1 heterocycles. The van der Waals surface area contributed by atoms with Crippen molar-refractivity contribution in [3.05, 3.63) is 34.1 Å². The van der Waals surface area contributed by atoms with E-state index in [0.29, 0.717) is 24.0 Å². The first-order valence-corrected chi connectivity index (χ1v) is 7.66. The van der Waals surface area contributed by atoms with Gasteiger partial charge in [-0.25, -0.2) is 4.39 Å². The number of aliphatic carboxylic acids is 1. The van der Waals surface area contributed by atoms with E-state index in [1.807, 2.05) is 6.92 Å². The number of hydrogen-bond acceptors (Lipinski definition) is 2. The van der Waals surface area contributed by atoms with E-state index in [2.05, 4.69) is 20.8 Å². The van der Waals surface area contributed by atoms with Crippen LogP contribution in [-0.2, 0) is 11.3 Å². The van der Waals surface area contributed by atoms with E-state index < -0.39 is 11.4 Å². The Hall–Kier alpha value is -0.940. The third-order valence-corrected chi connectivity index (χ3v) is 4.78. The van der Waals surface area contributed by atoms with Crippen LogP contribution in [0.25, 0.3) is 0 Å². The van der Waals surface area contributed by atoms with Crippen LogP contribution in [0, 0.1) is 11.2 Å². The summed E-state index contributed by atoms with van der Waals surface area (Å²) in [4.78, 5) is 13.7. The van der Waals surface area contributed by atoms with Crippen molar-refractivity contribution in [1.29, 1.82) is 0 Å². The topological polar surface area (TPSA) is 40.5 Å². The van der Waals surface area contributed by atoms with Crippen molar-refractivity contribution in [2.24, 2.45) is 5.41 Å². The summed E-state index contributed by atoms with van der Waals surface area (Å²) in [5, 5.41) is 9.47. The zero-order valence-corrected chi connectivity index (χ0v) is 13.1. The van der Waals surface area contributed by atoms with Crippen LogP contribution in [0.15, 0.2) is 22.7 Å². The Morgan fingerprint density at radius 3 is 2.90 bits per heavy atom. The van der Waals surface area contributed by atoms with Gasteiger partial charge in [0.1, 0.15) is 5.82 Å². The number of benzene rings is 1. The smallest absolute Gasteiger partial charge is 0.310 e. The van der Waals surface area contributed by atoms with Crippen LogP contribution < -0.4 is 0 Å². The molecule has 1 atom stereocenters. The largest absolute Gasteiger partial charge is 0.481 e. The summed E-state index contributed by atoms with van der Waals surface area (Å²) in [5.41, 5.74) is 0.366. The van der Waals surface area contributed by atoms with Gasteiger partial charge in [0.15, 0.2) is 0 Å². The maximum atomic E-state index is 13.2. The van der Waals surface area contributed by atoms with Gasteiger partial charge >= 0.3 is 5.97 Å². The predicted octanol–water partition coefficient (Wildman–Crippen LogP) is 3.67. The quantitative estimate of drug-likeness (QED) is 0.906. The lowest BCUT2D eigenvalue weighted by molar-refractivity contribution is -0.153. The average Bonchev–Trinajstić information content (AvgIpc) is 2.43. The summed E-state index contributed by atoms with van der Waals surface area (Å²) < 4.78 is 13.7. The van der Waals surface area contributed by atoms with Crippen LogP contribution in [0.2, 0.25) is 0 Å². The molecule has 1 aliphatic heterocycles. The molecule has 1 aromatic carbocycles. The number of rotatable bonds is 4. The minimum Gasteiger partial charge on any atom is -0.481 e. The van der Waals surface area contributed by atoms with Crippen molar-refractivity contribution < 1.29 is 14.3 Å². The summed E-state index contributed by atoms with van der Waals surface area (Å²) in [5.74, 6) is -0.981. The molecule has 0 aromatic heterocycles. The predicted molar refractivity (Wildman–Crippen MR) is 79.0 cm³/mol. The molecule has 0 bridgehead atoms. The molecule has 3 nitrogen and oxygen atoms in total. The first-order valence-electron chi connectivity index (χ1n) is 6.86. The summed E-state index contributed by atoms with van der Waals surface area (Å²) in [6.45, 7) is 4.05. The number of carboxylic acid groups (broad SMARTS) is 1. The maximum absolute atomic E-state index is 13.2. The van der Waals surface area contributed by atoms with Crippen LogP contribution >= 0.6 is 15.9 Å². The van der Waals surface area contributed by atoms with Gasteiger partial charge < -0.3 is 5.11 Å². The number of nitrogens with zero attached hydrogens (tertiary/aromatic N) is 1. The molecule has 5 heteroatoms. The maximum Gasteiger partial charge on any atom is 0.310 e. The standard InChI is InChI=1S/C15H19BrFNO2/c1-2-15(14(19)20)6-3-7-18(10-15)9-11-4-5-13(17)12(16)8-11/h4-5,8H,2-3,6-7,9-10H2,1H3,(H,19,20). The third kappa shape index (κ3) is 3.20. The lowest BCUT2D eigenvalue weighted by atomic mass is 9.77. The summed E-state index contributed by atoms with van der Waals surface area (Å²) in [6, 6.07) is 4.95. The molecule has 1 fully saturated rings. The molecule has 2 rings (SSSR count). The molecule has 1 saturated heterocycles. The Labute approximate surface area is 126 Å². The lowest BCUT2D eigenvalue weighted by Crippen LogP contribution is -2.47. The molecule has 0 aliphatic carbocycles. The number of halogens is 2. The second-order valence-corrected chi connectivity index (χ2v) is 6.36. The second-order valence-electron chi connectivity index (χ2n) is 5.50. The molecule has 0 saturated carbocycles. The Morgan fingerprint density at radius 1 is 1.55 bits per heavy atom. The Morgan fingerprint density at radius 2 is 2.30 bits per heavy atom. The van der Waals surface area contributed by atoms with Crippen molar-refractivity contribution in [2.45, 2.75) is 32.7 Å². The highest BCUT2D eigenvalue weighted by Crippen LogP contribution is 2.34. The summed E-state index contributed by atoms with van der Waals surface area (Å²) in [6.07, 6.45) is 2.27. The van der Waals surface area contributed by atoms with E-state index in [1.54, 1.807) is 12.1 Å². The first kappa shape index (κ1) is 15.4.